The number of ether oxygens (including phenoxy) is 2. The van der Waals surface area contributed by atoms with Crippen molar-refractivity contribution in [3.05, 3.63) is 85.2 Å². The monoisotopic (exact) mass is 512 g/mol. The quantitative estimate of drug-likeness (QED) is 0.415. The standard InChI is InChI=1S/C26H29BrN2O4/c1-6-17-13-20(33-19-11-9-8-10-12-19)14-18(7-2)24(17)28-26(31)22-21(15-32-5)29(4)16(3)23(27)25(22)30/h8-14H,6-7,15H2,1-5H3,(H,28,31). The Balaban J connectivity index is 2.05. The van der Waals surface area contributed by atoms with Crippen molar-refractivity contribution in [1.82, 2.24) is 4.57 Å². The largest absolute Gasteiger partial charge is 0.457 e. The van der Waals surface area contributed by atoms with E-state index in [1.807, 2.05) is 74.9 Å². The number of rotatable bonds is 8. The zero-order valence-electron chi connectivity index (χ0n) is 19.6. The highest BCUT2D eigenvalue weighted by Crippen LogP contribution is 2.32. The molecular formula is C26H29BrN2O4. The number of anilines is 1. The van der Waals surface area contributed by atoms with Gasteiger partial charge in [0, 0.05) is 25.5 Å². The number of aryl methyl sites for hydroxylation is 2. The molecule has 0 saturated carbocycles. The molecule has 7 heteroatoms. The summed E-state index contributed by atoms with van der Waals surface area (Å²) in [5.74, 6) is 1.00. The number of hydrogen-bond acceptors (Lipinski definition) is 4. The van der Waals surface area contributed by atoms with Gasteiger partial charge in [0.1, 0.15) is 17.1 Å². The molecule has 0 aliphatic heterocycles. The third kappa shape index (κ3) is 5.20. The molecule has 0 atom stereocenters. The SMILES string of the molecule is CCc1cc(Oc2ccccc2)cc(CC)c1NC(=O)c1c(COC)n(C)c(C)c(Br)c1=O. The predicted octanol–water partition coefficient (Wildman–Crippen LogP) is 5.77. The summed E-state index contributed by atoms with van der Waals surface area (Å²) in [5.41, 5.74) is 3.57. The zero-order chi connectivity index (χ0) is 24.1. The number of para-hydroxylation sites is 1. The number of hydrogen-bond donors (Lipinski definition) is 1. The average molecular weight is 513 g/mol. The minimum Gasteiger partial charge on any atom is -0.457 e. The van der Waals surface area contributed by atoms with E-state index in [4.69, 9.17) is 9.47 Å². The number of nitrogens with one attached hydrogen (secondary N) is 1. The summed E-state index contributed by atoms with van der Waals surface area (Å²) in [6.45, 7) is 6.01. The Morgan fingerprint density at radius 1 is 1.06 bits per heavy atom. The summed E-state index contributed by atoms with van der Waals surface area (Å²) in [4.78, 5) is 26.5. The van der Waals surface area contributed by atoms with Gasteiger partial charge in [-0.15, -0.1) is 0 Å². The van der Waals surface area contributed by atoms with Crippen LogP contribution in [0.2, 0.25) is 0 Å². The average Bonchev–Trinajstić information content (AvgIpc) is 2.82. The van der Waals surface area contributed by atoms with E-state index in [-0.39, 0.29) is 17.6 Å². The van der Waals surface area contributed by atoms with Crippen LogP contribution in [0.4, 0.5) is 5.69 Å². The third-order valence-corrected chi connectivity index (χ3v) is 6.64. The van der Waals surface area contributed by atoms with Crippen molar-refractivity contribution in [3.8, 4) is 11.5 Å². The highest BCUT2D eigenvalue weighted by molar-refractivity contribution is 9.10. The Morgan fingerprint density at radius 3 is 2.21 bits per heavy atom. The molecule has 0 bridgehead atoms. The molecule has 0 fully saturated rings. The minimum atomic E-state index is -0.454. The summed E-state index contributed by atoms with van der Waals surface area (Å²) in [7, 11) is 3.36. The van der Waals surface area contributed by atoms with Gasteiger partial charge in [0.25, 0.3) is 5.91 Å². The van der Waals surface area contributed by atoms with E-state index >= 15 is 0 Å². The van der Waals surface area contributed by atoms with E-state index in [1.165, 1.54) is 0 Å². The number of nitrogens with zero attached hydrogens (tertiary/aromatic N) is 1. The Kier molecular flexibility index (Phi) is 8.10. The first-order valence-corrected chi connectivity index (χ1v) is 11.7. The van der Waals surface area contributed by atoms with Gasteiger partial charge in [0.05, 0.1) is 16.8 Å². The molecular weight excluding hydrogens is 484 g/mol. The summed E-state index contributed by atoms with van der Waals surface area (Å²) < 4.78 is 13.5. The molecule has 174 valence electrons. The second kappa shape index (κ2) is 10.8. The summed E-state index contributed by atoms with van der Waals surface area (Å²) in [5, 5.41) is 3.02. The fraction of sp³-hybridized carbons (Fsp3) is 0.308. The summed E-state index contributed by atoms with van der Waals surface area (Å²) >= 11 is 3.35. The number of halogens is 1. The molecule has 2 aromatic carbocycles. The molecule has 33 heavy (non-hydrogen) atoms. The molecule has 1 heterocycles. The predicted molar refractivity (Wildman–Crippen MR) is 135 cm³/mol. The molecule has 0 radical (unpaired) electrons. The summed E-state index contributed by atoms with van der Waals surface area (Å²) in [6.07, 6.45) is 1.38. The van der Waals surface area contributed by atoms with Crippen LogP contribution in [0.3, 0.4) is 0 Å². The molecule has 3 aromatic rings. The third-order valence-electron chi connectivity index (χ3n) is 5.70. The van der Waals surface area contributed by atoms with Gasteiger partial charge in [-0.05, 0) is 71.1 Å². The lowest BCUT2D eigenvalue weighted by molar-refractivity contribution is 0.101. The van der Waals surface area contributed by atoms with Crippen LogP contribution in [0.1, 0.15) is 46.7 Å². The van der Waals surface area contributed by atoms with Crippen LogP contribution in [-0.4, -0.2) is 17.6 Å². The summed E-state index contributed by atoms with van der Waals surface area (Å²) in [6, 6.07) is 13.4. The van der Waals surface area contributed by atoms with E-state index < -0.39 is 5.91 Å². The van der Waals surface area contributed by atoms with Crippen LogP contribution < -0.4 is 15.5 Å². The van der Waals surface area contributed by atoms with Gasteiger partial charge in [-0.1, -0.05) is 32.0 Å². The Morgan fingerprint density at radius 2 is 1.67 bits per heavy atom. The molecule has 1 N–H and O–H groups in total. The first-order chi connectivity index (χ1) is 15.8. The van der Waals surface area contributed by atoms with Gasteiger partial charge in [-0.3, -0.25) is 9.59 Å². The van der Waals surface area contributed by atoms with Gasteiger partial charge in [-0.25, -0.2) is 0 Å². The maximum atomic E-state index is 13.4. The topological polar surface area (TPSA) is 69.6 Å². The van der Waals surface area contributed by atoms with Crippen molar-refractivity contribution >= 4 is 27.5 Å². The maximum Gasteiger partial charge on any atom is 0.261 e. The normalized spacial score (nSPS) is 10.8. The zero-order valence-corrected chi connectivity index (χ0v) is 21.2. The highest BCUT2D eigenvalue weighted by atomic mass is 79.9. The fourth-order valence-corrected chi connectivity index (χ4v) is 4.24. The number of pyridine rings is 1. The van der Waals surface area contributed by atoms with Gasteiger partial charge < -0.3 is 19.4 Å². The van der Waals surface area contributed by atoms with Crippen LogP contribution in [0.5, 0.6) is 11.5 Å². The Labute approximate surface area is 202 Å². The molecule has 3 rings (SSSR count). The Bertz CT molecular complexity index is 1190. The lowest BCUT2D eigenvalue weighted by Crippen LogP contribution is -2.29. The van der Waals surface area contributed by atoms with Crippen LogP contribution in [-0.2, 0) is 31.2 Å². The second-order valence-electron chi connectivity index (χ2n) is 7.74. The fourth-order valence-electron chi connectivity index (χ4n) is 3.78. The van der Waals surface area contributed by atoms with Crippen molar-refractivity contribution in [3.63, 3.8) is 0 Å². The molecule has 0 spiro atoms. The molecule has 1 amide bonds. The van der Waals surface area contributed by atoms with E-state index in [0.717, 1.165) is 22.6 Å². The number of aromatic nitrogens is 1. The molecule has 0 unspecified atom stereocenters. The minimum absolute atomic E-state index is 0.0746. The first-order valence-electron chi connectivity index (χ1n) is 10.9. The lowest BCUT2D eigenvalue weighted by Gasteiger charge is -2.20. The lowest BCUT2D eigenvalue weighted by atomic mass is 10.0. The first kappa shape index (κ1) is 24.7. The molecule has 0 aliphatic carbocycles. The molecule has 0 saturated heterocycles. The van der Waals surface area contributed by atoms with Crippen molar-refractivity contribution < 1.29 is 14.3 Å². The van der Waals surface area contributed by atoms with E-state index in [0.29, 0.717) is 34.4 Å². The molecule has 6 nitrogen and oxygen atoms in total. The smallest absolute Gasteiger partial charge is 0.261 e. The number of carbonyl (C=O) groups excluding carboxylic acids is 1. The van der Waals surface area contributed by atoms with Crippen LogP contribution in [0.15, 0.2) is 51.7 Å². The number of benzene rings is 2. The molecule has 1 aromatic heterocycles. The van der Waals surface area contributed by atoms with Gasteiger partial charge in [0.2, 0.25) is 5.43 Å². The highest BCUT2D eigenvalue weighted by Gasteiger charge is 2.24. The van der Waals surface area contributed by atoms with Crippen molar-refractivity contribution in [2.24, 2.45) is 7.05 Å². The number of carbonyl (C=O) groups is 1. The van der Waals surface area contributed by atoms with Gasteiger partial charge >= 0.3 is 0 Å². The van der Waals surface area contributed by atoms with Crippen LogP contribution in [0.25, 0.3) is 0 Å². The van der Waals surface area contributed by atoms with Gasteiger partial charge in [-0.2, -0.15) is 0 Å². The number of amides is 1. The molecule has 0 aliphatic rings. The van der Waals surface area contributed by atoms with E-state index in [9.17, 15) is 9.59 Å². The van der Waals surface area contributed by atoms with Crippen molar-refractivity contribution in [2.45, 2.75) is 40.2 Å². The van der Waals surface area contributed by atoms with Crippen molar-refractivity contribution in [1.29, 1.82) is 0 Å². The van der Waals surface area contributed by atoms with E-state index in [2.05, 4.69) is 21.2 Å². The Hall–Kier alpha value is -2.90. The maximum absolute atomic E-state index is 13.4. The van der Waals surface area contributed by atoms with E-state index in [1.54, 1.807) is 7.11 Å². The number of methoxy groups -OCH3 is 1. The van der Waals surface area contributed by atoms with Crippen LogP contribution in [0, 0.1) is 6.92 Å². The van der Waals surface area contributed by atoms with Gasteiger partial charge in [0.15, 0.2) is 0 Å². The van der Waals surface area contributed by atoms with Crippen molar-refractivity contribution in [2.75, 3.05) is 12.4 Å². The van der Waals surface area contributed by atoms with Crippen LogP contribution >= 0.6 is 15.9 Å². The second-order valence-corrected chi connectivity index (χ2v) is 8.53.